The fourth-order valence-corrected chi connectivity index (χ4v) is 3.66. The standard InChI is InChI=1S/C20H18F2N2O3S/c1-2-27-19(26)9-8-18(25)24(14-6-4-3-5-7-14)12-17-23-16-11-13(21)10-15(22)20(16)28-17/h3-7,10-11H,2,8-9,12H2,1H3. The summed E-state index contributed by atoms with van der Waals surface area (Å²) in [4.78, 5) is 30.1. The van der Waals surface area contributed by atoms with E-state index in [1.165, 1.54) is 4.90 Å². The predicted octanol–water partition coefficient (Wildman–Crippen LogP) is 4.45. The molecule has 0 saturated heterocycles. The van der Waals surface area contributed by atoms with Crippen LogP contribution in [0.4, 0.5) is 14.5 Å². The number of nitrogens with zero attached hydrogens (tertiary/aromatic N) is 2. The second-order valence-electron chi connectivity index (χ2n) is 5.96. The molecule has 5 nitrogen and oxygen atoms in total. The van der Waals surface area contributed by atoms with Gasteiger partial charge in [-0.15, -0.1) is 11.3 Å². The van der Waals surface area contributed by atoms with Crippen LogP contribution in [0.2, 0.25) is 0 Å². The number of benzene rings is 2. The first-order valence-electron chi connectivity index (χ1n) is 8.73. The lowest BCUT2D eigenvalue weighted by Crippen LogP contribution is -2.30. The molecule has 0 unspecified atom stereocenters. The summed E-state index contributed by atoms with van der Waals surface area (Å²) in [6.45, 7) is 2.04. The van der Waals surface area contributed by atoms with E-state index in [2.05, 4.69) is 4.98 Å². The molecule has 3 aromatic rings. The zero-order chi connectivity index (χ0) is 20.1. The Morgan fingerprint density at radius 1 is 1.14 bits per heavy atom. The molecule has 1 heterocycles. The van der Waals surface area contributed by atoms with E-state index in [4.69, 9.17) is 4.74 Å². The molecule has 1 amide bonds. The molecule has 1 aromatic heterocycles. The minimum Gasteiger partial charge on any atom is -0.466 e. The summed E-state index contributed by atoms with van der Waals surface area (Å²) in [6.07, 6.45) is -0.0582. The van der Waals surface area contributed by atoms with Gasteiger partial charge in [0.2, 0.25) is 5.91 Å². The Kier molecular flexibility index (Phi) is 6.30. The van der Waals surface area contributed by atoms with Crippen molar-refractivity contribution in [2.24, 2.45) is 0 Å². The van der Waals surface area contributed by atoms with E-state index >= 15 is 0 Å². The fourth-order valence-electron chi connectivity index (χ4n) is 2.72. The van der Waals surface area contributed by atoms with Crippen molar-refractivity contribution in [3.63, 3.8) is 0 Å². The number of fused-ring (bicyclic) bond motifs is 1. The molecule has 0 aliphatic carbocycles. The molecule has 2 aromatic carbocycles. The topological polar surface area (TPSA) is 59.5 Å². The first-order valence-corrected chi connectivity index (χ1v) is 9.55. The van der Waals surface area contributed by atoms with Gasteiger partial charge in [0.15, 0.2) is 0 Å². The zero-order valence-electron chi connectivity index (χ0n) is 15.2. The van der Waals surface area contributed by atoms with Crippen molar-refractivity contribution >= 4 is 39.1 Å². The number of para-hydroxylation sites is 1. The normalized spacial score (nSPS) is 10.8. The predicted molar refractivity (Wildman–Crippen MR) is 103 cm³/mol. The number of rotatable bonds is 7. The van der Waals surface area contributed by atoms with Crippen molar-refractivity contribution in [3.8, 4) is 0 Å². The van der Waals surface area contributed by atoms with Crippen LogP contribution in [-0.2, 0) is 20.9 Å². The summed E-state index contributed by atoms with van der Waals surface area (Å²) in [6, 6.07) is 10.9. The number of hydrogen-bond donors (Lipinski definition) is 0. The van der Waals surface area contributed by atoms with Gasteiger partial charge in [-0.1, -0.05) is 18.2 Å². The van der Waals surface area contributed by atoms with Crippen LogP contribution in [0, 0.1) is 11.6 Å². The lowest BCUT2D eigenvalue weighted by atomic mass is 10.2. The number of hydrogen-bond acceptors (Lipinski definition) is 5. The molecule has 146 valence electrons. The Bertz CT molecular complexity index is 992. The van der Waals surface area contributed by atoms with E-state index in [1.807, 2.05) is 6.07 Å². The third kappa shape index (κ3) is 4.69. The number of anilines is 1. The lowest BCUT2D eigenvalue weighted by molar-refractivity contribution is -0.144. The second kappa shape index (κ2) is 8.88. The maximum atomic E-state index is 14.0. The summed E-state index contributed by atoms with van der Waals surface area (Å²) in [5.74, 6) is -2.11. The summed E-state index contributed by atoms with van der Waals surface area (Å²) in [7, 11) is 0. The average Bonchev–Trinajstić information content (AvgIpc) is 3.08. The molecule has 0 atom stereocenters. The molecule has 8 heteroatoms. The van der Waals surface area contributed by atoms with E-state index in [0.717, 1.165) is 23.5 Å². The minimum atomic E-state index is -0.702. The van der Waals surface area contributed by atoms with Crippen molar-refractivity contribution in [1.82, 2.24) is 4.98 Å². The SMILES string of the molecule is CCOC(=O)CCC(=O)N(Cc1nc2cc(F)cc(F)c2s1)c1ccccc1. The first kappa shape index (κ1) is 19.9. The Morgan fingerprint density at radius 3 is 2.61 bits per heavy atom. The zero-order valence-corrected chi connectivity index (χ0v) is 16.0. The molecule has 0 bridgehead atoms. The smallest absolute Gasteiger partial charge is 0.306 e. The molecule has 0 aliphatic heterocycles. The van der Waals surface area contributed by atoms with Crippen molar-refractivity contribution < 1.29 is 23.1 Å². The largest absolute Gasteiger partial charge is 0.466 e. The Morgan fingerprint density at radius 2 is 1.89 bits per heavy atom. The van der Waals surface area contributed by atoms with Crippen LogP contribution in [0.1, 0.15) is 24.8 Å². The average molecular weight is 404 g/mol. The monoisotopic (exact) mass is 404 g/mol. The summed E-state index contributed by atoms with van der Waals surface area (Å²) >= 11 is 1.07. The van der Waals surface area contributed by atoms with E-state index in [-0.39, 0.29) is 42.1 Å². The van der Waals surface area contributed by atoms with E-state index < -0.39 is 17.6 Å². The van der Waals surface area contributed by atoms with Gasteiger partial charge in [-0.2, -0.15) is 0 Å². The molecule has 3 rings (SSSR count). The van der Waals surface area contributed by atoms with Crippen LogP contribution in [0.25, 0.3) is 10.2 Å². The van der Waals surface area contributed by atoms with Gasteiger partial charge in [-0.25, -0.2) is 13.8 Å². The Hall–Kier alpha value is -2.87. The van der Waals surface area contributed by atoms with Crippen LogP contribution in [0.3, 0.4) is 0 Å². The van der Waals surface area contributed by atoms with Crippen LogP contribution in [0.15, 0.2) is 42.5 Å². The number of amides is 1. The third-order valence-corrected chi connectivity index (χ3v) is 5.03. The fraction of sp³-hybridized carbons (Fsp3) is 0.250. The van der Waals surface area contributed by atoms with Gasteiger partial charge in [-0.05, 0) is 19.1 Å². The maximum Gasteiger partial charge on any atom is 0.306 e. The van der Waals surface area contributed by atoms with Gasteiger partial charge in [0, 0.05) is 24.2 Å². The number of carbonyl (C=O) groups excluding carboxylic acids is 2. The van der Waals surface area contributed by atoms with Gasteiger partial charge in [0.05, 0.1) is 29.8 Å². The highest BCUT2D eigenvalue weighted by atomic mass is 32.1. The van der Waals surface area contributed by atoms with Gasteiger partial charge in [-0.3, -0.25) is 9.59 Å². The van der Waals surface area contributed by atoms with Gasteiger partial charge >= 0.3 is 5.97 Å². The quantitative estimate of drug-likeness (QED) is 0.546. The van der Waals surface area contributed by atoms with Gasteiger partial charge < -0.3 is 9.64 Å². The molecule has 0 fully saturated rings. The van der Waals surface area contributed by atoms with Crippen LogP contribution in [-0.4, -0.2) is 23.5 Å². The molecule has 0 spiro atoms. The van der Waals surface area contributed by atoms with Crippen LogP contribution in [0.5, 0.6) is 0 Å². The highest BCUT2D eigenvalue weighted by molar-refractivity contribution is 7.18. The van der Waals surface area contributed by atoms with E-state index in [9.17, 15) is 18.4 Å². The van der Waals surface area contributed by atoms with Crippen molar-refractivity contribution in [2.45, 2.75) is 26.3 Å². The highest BCUT2D eigenvalue weighted by Gasteiger charge is 2.20. The van der Waals surface area contributed by atoms with E-state index in [1.54, 1.807) is 31.2 Å². The van der Waals surface area contributed by atoms with Crippen LogP contribution >= 0.6 is 11.3 Å². The Labute approximate surface area is 164 Å². The lowest BCUT2D eigenvalue weighted by Gasteiger charge is -2.21. The highest BCUT2D eigenvalue weighted by Crippen LogP contribution is 2.28. The second-order valence-corrected chi connectivity index (χ2v) is 7.05. The minimum absolute atomic E-state index is 0.0262. The molecule has 0 radical (unpaired) electrons. The molecule has 0 saturated carbocycles. The Balaban J connectivity index is 1.84. The molecular formula is C20H18F2N2O3S. The summed E-state index contributed by atoms with van der Waals surface area (Å²) in [5.41, 5.74) is 0.840. The number of aromatic nitrogens is 1. The molecule has 0 aliphatic rings. The van der Waals surface area contributed by atoms with E-state index in [0.29, 0.717) is 10.7 Å². The van der Waals surface area contributed by atoms with Crippen LogP contribution < -0.4 is 4.90 Å². The third-order valence-electron chi connectivity index (χ3n) is 3.96. The van der Waals surface area contributed by atoms with Crippen molar-refractivity contribution in [1.29, 1.82) is 0 Å². The number of halogens is 2. The molecule has 28 heavy (non-hydrogen) atoms. The first-order chi connectivity index (χ1) is 13.5. The number of ether oxygens (including phenoxy) is 1. The van der Waals surface area contributed by atoms with Gasteiger partial charge in [0.1, 0.15) is 16.6 Å². The number of carbonyl (C=O) groups is 2. The van der Waals surface area contributed by atoms with Crippen molar-refractivity contribution in [3.05, 3.63) is 59.1 Å². The number of esters is 1. The molecular weight excluding hydrogens is 386 g/mol. The summed E-state index contributed by atoms with van der Waals surface area (Å²) < 4.78 is 32.5. The number of thiazole rings is 1. The summed E-state index contributed by atoms with van der Waals surface area (Å²) in [5, 5.41) is 0.466. The van der Waals surface area contributed by atoms with Gasteiger partial charge in [0.25, 0.3) is 0 Å². The maximum absolute atomic E-state index is 14.0. The van der Waals surface area contributed by atoms with Crippen molar-refractivity contribution in [2.75, 3.05) is 11.5 Å². The molecule has 0 N–H and O–H groups in total.